The Morgan fingerprint density at radius 2 is 1.92 bits per heavy atom. The van der Waals surface area contributed by atoms with Gasteiger partial charge in [0, 0.05) is 29.1 Å². The molecule has 2 amide bonds. The van der Waals surface area contributed by atoms with Gasteiger partial charge in [0.15, 0.2) is 0 Å². The standard InChI is InChI=1S/C36H44ClFN4O6/c1-19-17-39-30(47-19)29-26-13-20(24-15-22(37)8-9-28(24)38)14-27(36(7)10-11-36)25(26)16-23(41-29)12-21(31(43)44)18-40-32(45)35(5,6)42-33(46)48-34(2,3)4/h8-9,13-15,17,21,23,25,41H,10-12,16,18H2,1-7H3,(H,40,45)(H,42,46)(H,43,44)/t21?,23-,25?/m0/s1. The lowest BCUT2D eigenvalue weighted by atomic mass is 9.70. The van der Waals surface area contributed by atoms with Crippen molar-refractivity contribution in [3.8, 4) is 0 Å². The highest BCUT2D eigenvalue weighted by atomic mass is 35.5. The van der Waals surface area contributed by atoms with E-state index in [0.29, 0.717) is 39.9 Å². The number of fused-ring (bicyclic) bond motifs is 1. The highest BCUT2D eigenvalue weighted by Crippen LogP contribution is 2.59. The summed E-state index contributed by atoms with van der Waals surface area (Å²) in [7, 11) is 0. The molecule has 1 aliphatic heterocycles. The van der Waals surface area contributed by atoms with Gasteiger partial charge in [-0.3, -0.25) is 9.59 Å². The average molecular weight is 683 g/mol. The largest absolute Gasteiger partial charge is 0.481 e. The van der Waals surface area contributed by atoms with Crippen LogP contribution in [0, 0.1) is 30.0 Å². The third-order valence-corrected chi connectivity index (χ3v) is 9.35. The van der Waals surface area contributed by atoms with E-state index in [1.807, 2.05) is 6.08 Å². The first-order chi connectivity index (χ1) is 22.3. The minimum absolute atomic E-state index is 0.0864. The van der Waals surface area contributed by atoms with Crippen molar-refractivity contribution in [1.29, 1.82) is 0 Å². The second-order valence-electron chi connectivity index (χ2n) is 14.9. The molecule has 48 heavy (non-hydrogen) atoms. The summed E-state index contributed by atoms with van der Waals surface area (Å²) in [5.74, 6) is -2.07. The first-order valence-electron chi connectivity index (χ1n) is 16.2. The predicted octanol–water partition coefficient (Wildman–Crippen LogP) is 6.80. The SMILES string of the molecule is Cc1cnc(C2=C3C=C(c4cc(Cl)ccc4F)C=C(C4(C)CC4)C3C[C@H](CC(CNC(=O)C(C)(C)NC(=O)OC(C)(C)C)C(=O)O)N2)o1. The number of aliphatic carboxylic acids is 1. The fourth-order valence-corrected chi connectivity index (χ4v) is 6.47. The highest BCUT2D eigenvalue weighted by molar-refractivity contribution is 6.30. The first kappa shape index (κ1) is 35.2. The number of hydrogen-bond donors (Lipinski definition) is 4. The highest BCUT2D eigenvalue weighted by Gasteiger charge is 2.48. The second kappa shape index (κ2) is 13.1. The van der Waals surface area contributed by atoms with E-state index in [1.165, 1.54) is 26.0 Å². The predicted molar refractivity (Wildman–Crippen MR) is 180 cm³/mol. The van der Waals surface area contributed by atoms with Gasteiger partial charge < -0.3 is 30.2 Å². The Bertz CT molecular complexity index is 1710. The van der Waals surface area contributed by atoms with Crippen LogP contribution < -0.4 is 16.0 Å². The average Bonchev–Trinajstić information content (AvgIpc) is 3.59. The number of carboxylic acid groups (broad SMARTS) is 1. The van der Waals surface area contributed by atoms with Gasteiger partial charge >= 0.3 is 12.1 Å². The van der Waals surface area contributed by atoms with E-state index < -0.39 is 35.0 Å². The molecule has 2 aliphatic carbocycles. The molecule has 258 valence electrons. The Morgan fingerprint density at radius 3 is 2.52 bits per heavy atom. The lowest BCUT2D eigenvalue weighted by Crippen LogP contribution is -2.56. The molecule has 10 nitrogen and oxygen atoms in total. The van der Waals surface area contributed by atoms with Crippen molar-refractivity contribution >= 4 is 40.8 Å². The van der Waals surface area contributed by atoms with Crippen LogP contribution in [0.15, 0.2) is 52.1 Å². The van der Waals surface area contributed by atoms with Gasteiger partial charge in [-0.1, -0.05) is 30.2 Å². The fraction of sp³-hybridized carbons (Fsp3) is 0.500. The Morgan fingerprint density at radius 1 is 1.21 bits per heavy atom. The van der Waals surface area contributed by atoms with Gasteiger partial charge in [-0.2, -0.15) is 0 Å². The van der Waals surface area contributed by atoms with Gasteiger partial charge in [-0.25, -0.2) is 14.2 Å². The van der Waals surface area contributed by atoms with Gasteiger partial charge in [0.2, 0.25) is 11.8 Å². The number of oxazole rings is 1. The van der Waals surface area contributed by atoms with Crippen LogP contribution in [0.25, 0.3) is 11.3 Å². The number of nitrogens with one attached hydrogen (secondary N) is 3. The molecule has 2 unspecified atom stereocenters. The molecule has 0 radical (unpaired) electrons. The number of nitrogens with zero attached hydrogens (tertiary/aromatic N) is 1. The van der Waals surface area contributed by atoms with Gasteiger partial charge in [0.05, 0.1) is 12.1 Å². The molecule has 3 aliphatic rings. The summed E-state index contributed by atoms with van der Waals surface area (Å²) >= 11 is 6.29. The van der Waals surface area contributed by atoms with Crippen molar-refractivity contribution in [2.75, 3.05) is 6.54 Å². The topological polar surface area (TPSA) is 143 Å². The number of amides is 2. The molecule has 0 spiro atoms. The summed E-state index contributed by atoms with van der Waals surface area (Å²) in [5, 5.41) is 19.4. The lowest BCUT2D eigenvalue weighted by molar-refractivity contribution is -0.142. The monoisotopic (exact) mass is 682 g/mol. The zero-order valence-corrected chi connectivity index (χ0v) is 29.2. The quantitative estimate of drug-likeness (QED) is 0.214. The van der Waals surface area contributed by atoms with Crippen molar-refractivity contribution in [2.24, 2.45) is 17.3 Å². The normalized spacial score (nSPS) is 20.9. The smallest absolute Gasteiger partial charge is 0.408 e. The molecular formula is C36H44ClFN4O6. The molecule has 1 saturated carbocycles. The number of hydrogen-bond acceptors (Lipinski definition) is 7. The Kier molecular flexibility index (Phi) is 9.58. The zero-order valence-electron chi connectivity index (χ0n) is 28.4. The van der Waals surface area contributed by atoms with Crippen LogP contribution in [-0.4, -0.2) is 51.8 Å². The molecular weight excluding hydrogens is 639 g/mol. The number of carboxylic acids is 1. The molecule has 2 heterocycles. The van der Waals surface area contributed by atoms with E-state index in [0.717, 1.165) is 24.0 Å². The van der Waals surface area contributed by atoms with E-state index >= 15 is 4.39 Å². The van der Waals surface area contributed by atoms with E-state index in [4.69, 9.17) is 20.8 Å². The summed E-state index contributed by atoms with van der Waals surface area (Å²) in [4.78, 5) is 42.4. The van der Waals surface area contributed by atoms with E-state index in [-0.39, 0.29) is 36.2 Å². The van der Waals surface area contributed by atoms with Crippen LogP contribution in [-0.2, 0) is 14.3 Å². The lowest BCUT2D eigenvalue weighted by Gasteiger charge is -2.39. The van der Waals surface area contributed by atoms with Gasteiger partial charge in [-0.15, -0.1) is 0 Å². The maximum absolute atomic E-state index is 15.1. The van der Waals surface area contributed by atoms with Gasteiger partial charge in [-0.05, 0) is 108 Å². The first-order valence-corrected chi connectivity index (χ1v) is 16.6. The maximum atomic E-state index is 15.1. The summed E-state index contributed by atoms with van der Waals surface area (Å²) in [6.07, 6.45) is 7.60. The van der Waals surface area contributed by atoms with Crippen LogP contribution in [0.5, 0.6) is 0 Å². The molecule has 2 aromatic rings. The number of carbonyl (C=O) groups is 3. The number of rotatable bonds is 10. The number of allylic oxidation sites excluding steroid dienone is 5. The Hall–Kier alpha value is -4.12. The van der Waals surface area contributed by atoms with Crippen LogP contribution in [0.4, 0.5) is 9.18 Å². The zero-order chi connectivity index (χ0) is 35.2. The summed E-state index contributed by atoms with van der Waals surface area (Å²) in [6.45, 7) is 12.0. The minimum Gasteiger partial charge on any atom is -0.481 e. The van der Waals surface area contributed by atoms with Crippen LogP contribution in [0.1, 0.15) is 84.4 Å². The molecule has 0 bridgehead atoms. The van der Waals surface area contributed by atoms with Crippen molar-refractivity contribution in [3.63, 3.8) is 0 Å². The molecule has 12 heteroatoms. The molecule has 1 fully saturated rings. The summed E-state index contributed by atoms with van der Waals surface area (Å²) < 4.78 is 26.4. The number of ether oxygens (including phenoxy) is 1. The van der Waals surface area contributed by atoms with E-state index in [9.17, 15) is 19.5 Å². The Labute approximate surface area is 285 Å². The third-order valence-electron chi connectivity index (χ3n) is 9.11. The molecule has 0 saturated heterocycles. The third kappa shape index (κ3) is 7.94. The van der Waals surface area contributed by atoms with Gasteiger partial charge in [0.1, 0.15) is 28.4 Å². The van der Waals surface area contributed by atoms with Crippen LogP contribution >= 0.6 is 11.6 Å². The number of carbonyl (C=O) groups excluding carboxylic acids is 2. The second-order valence-corrected chi connectivity index (χ2v) is 15.3. The minimum atomic E-state index is -1.35. The summed E-state index contributed by atoms with van der Waals surface area (Å²) in [6, 6.07) is 4.18. The Balaban J connectivity index is 1.42. The molecule has 1 aromatic carbocycles. The van der Waals surface area contributed by atoms with Crippen molar-refractivity contribution in [1.82, 2.24) is 20.9 Å². The number of benzene rings is 1. The van der Waals surface area contributed by atoms with Crippen molar-refractivity contribution in [3.05, 3.63) is 75.7 Å². The fourth-order valence-electron chi connectivity index (χ4n) is 6.30. The maximum Gasteiger partial charge on any atom is 0.408 e. The summed E-state index contributed by atoms with van der Waals surface area (Å²) in [5.41, 5.74) is 1.56. The molecule has 4 N–H and O–H groups in total. The number of aryl methyl sites for hydroxylation is 1. The number of halogens is 2. The van der Waals surface area contributed by atoms with Crippen LogP contribution in [0.3, 0.4) is 0 Å². The number of aromatic nitrogens is 1. The molecule has 1 aromatic heterocycles. The molecule has 5 rings (SSSR count). The van der Waals surface area contributed by atoms with Crippen LogP contribution in [0.2, 0.25) is 5.02 Å². The van der Waals surface area contributed by atoms with Crippen molar-refractivity contribution in [2.45, 2.75) is 91.3 Å². The molecule has 3 atom stereocenters. The van der Waals surface area contributed by atoms with E-state index in [1.54, 1.807) is 40.0 Å². The van der Waals surface area contributed by atoms with E-state index in [2.05, 4.69) is 33.9 Å². The van der Waals surface area contributed by atoms with Crippen molar-refractivity contribution < 1.29 is 33.0 Å². The van der Waals surface area contributed by atoms with Gasteiger partial charge in [0.25, 0.3) is 0 Å². The number of alkyl carbamates (subject to hydrolysis) is 1.